The van der Waals surface area contributed by atoms with E-state index in [-0.39, 0.29) is 12.0 Å². The molecule has 1 N–H and O–H groups in total. The van der Waals surface area contributed by atoms with Crippen molar-refractivity contribution in [1.82, 2.24) is 4.90 Å². The first-order valence-electron chi connectivity index (χ1n) is 13.0. The van der Waals surface area contributed by atoms with Gasteiger partial charge in [0.15, 0.2) is 0 Å². The fraction of sp³-hybridized carbons (Fsp3) is 0.500. The standard InChI is InChI=1S/C30H38N2O/c1-21-12-16-23(17-13-21)29(31-25-18-14-22(2)15-19-25)28-27-11-7-6-8-24(27)20-32(30(28)33)26-9-4-3-5-10-26/h7,11-19,24,26-29,31H,3-6,8-10,20H2,1-2H3/t24-,27-,28+,29?/m1/s1. The Bertz CT molecular complexity index is 971. The highest BCUT2D eigenvalue weighted by molar-refractivity contribution is 5.82. The van der Waals surface area contributed by atoms with Gasteiger partial charge >= 0.3 is 0 Å². The van der Waals surface area contributed by atoms with Gasteiger partial charge in [-0.05, 0) is 69.1 Å². The number of amides is 1. The molecule has 2 fully saturated rings. The summed E-state index contributed by atoms with van der Waals surface area (Å²) >= 11 is 0. The van der Waals surface area contributed by atoms with Crippen molar-refractivity contribution in [2.24, 2.45) is 17.8 Å². The van der Waals surface area contributed by atoms with Crippen LogP contribution in [-0.4, -0.2) is 23.4 Å². The number of hydrogen-bond acceptors (Lipinski definition) is 2. The second kappa shape index (κ2) is 9.75. The number of carbonyl (C=O) groups excluding carboxylic acids is 1. The Hall–Kier alpha value is -2.55. The molecule has 1 unspecified atom stereocenters. The van der Waals surface area contributed by atoms with Gasteiger partial charge in [-0.1, -0.05) is 78.9 Å². The summed E-state index contributed by atoms with van der Waals surface area (Å²) in [6, 6.07) is 17.8. The van der Waals surface area contributed by atoms with Gasteiger partial charge in [0.2, 0.25) is 5.91 Å². The zero-order valence-electron chi connectivity index (χ0n) is 20.2. The van der Waals surface area contributed by atoms with Gasteiger partial charge < -0.3 is 10.2 Å². The van der Waals surface area contributed by atoms with Crippen LogP contribution in [0.1, 0.15) is 67.7 Å². The molecular weight excluding hydrogens is 404 g/mol. The van der Waals surface area contributed by atoms with E-state index in [0.29, 0.717) is 23.8 Å². The monoisotopic (exact) mass is 442 g/mol. The maximum atomic E-state index is 14.3. The Morgan fingerprint density at radius 2 is 1.55 bits per heavy atom. The molecule has 5 rings (SSSR count). The molecule has 2 aromatic rings. The molecule has 2 aromatic carbocycles. The lowest BCUT2D eigenvalue weighted by molar-refractivity contribution is -0.148. The highest BCUT2D eigenvalue weighted by Crippen LogP contribution is 2.45. The third-order valence-electron chi connectivity index (χ3n) is 8.21. The van der Waals surface area contributed by atoms with E-state index in [4.69, 9.17) is 0 Å². The van der Waals surface area contributed by atoms with E-state index >= 15 is 0 Å². The lowest BCUT2D eigenvalue weighted by Gasteiger charge is -2.49. The molecule has 174 valence electrons. The molecule has 0 bridgehead atoms. The summed E-state index contributed by atoms with van der Waals surface area (Å²) in [7, 11) is 0. The number of fused-ring (bicyclic) bond motifs is 1. The van der Waals surface area contributed by atoms with Crippen LogP contribution in [0.4, 0.5) is 5.69 Å². The van der Waals surface area contributed by atoms with Gasteiger partial charge in [0.1, 0.15) is 0 Å². The third-order valence-corrected chi connectivity index (χ3v) is 8.21. The molecule has 2 aliphatic carbocycles. The van der Waals surface area contributed by atoms with Crippen LogP contribution in [0.3, 0.4) is 0 Å². The summed E-state index contributed by atoms with van der Waals surface area (Å²) in [5.74, 6) is 1.15. The SMILES string of the molecule is Cc1ccc(NC(c2ccc(C)cc2)[C@H]2C(=O)N(C3CCCCC3)C[C@H]3CCC=C[C@H]32)cc1. The molecule has 1 saturated carbocycles. The van der Waals surface area contributed by atoms with Gasteiger partial charge in [-0.15, -0.1) is 0 Å². The molecule has 0 radical (unpaired) electrons. The lowest BCUT2D eigenvalue weighted by atomic mass is 9.68. The summed E-state index contributed by atoms with van der Waals surface area (Å²) in [5.41, 5.74) is 4.80. The van der Waals surface area contributed by atoms with E-state index < -0.39 is 0 Å². The second-order valence-corrected chi connectivity index (χ2v) is 10.5. The van der Waals surface area contributed by atoms with Gasteiger partial charge in [-0.3, -0.25) is 4.79 Å². The fourth-order valence-electron chi connectivity index (χ4n) is 6.31. The first-order valence-corrected chi connectivity index (χ1v) is 13.0. The molecule has 1 aliphatic heterocycles. The lowest BCUT2D eigenvalue weighted by Crippen LogP contribution is -2.56. The van der Waals surface area contributed by atoms with Crippen molar-refractivity contribution in [3.05, 3.63) is 77.4 Å². The number of allylic oxidation sites excluding steroid dienone is 2. The van der Waals surface area contributed by atoms with E-state index in [1.54, 1.807) is 0 Å². The van der Waals surface area contributed by atoms with E-state index in [9.17, 15) is 4.79 Å². The quantitative estimate of drug-likeness (QED) is 0.515. The minimum absolute atomic E-state index is 0.0394. The number of likely N-dealkylation sites (tertiary alicyclic amines) is 1. The van der Waals surface area contributed by atoms with E-state index in [0.717, 1.165) is 18.7 Å². The van der Waals surface area contributed by atoms with Gasteiger partial charge in [0.05, 0.1) is 12.0 Å². The van der Waals surface area contributed by atoms with Gasteiger partial charge in [0, 0.05) is 18.3 Å². The van der Waals surface area contributed by atoms with Crippen LogP contribution in [0, 0.1) is 31.6 Å². The van der Waals surface area contributed by atoms with Crippen LogP contribution in [0.25, 0.3) is 0 Å². The maximum absolute atomic E-state index is 14.3. The summed E-state index contributed by atoms with van der Waals surface area (Å²) < 4.78 is 0. The summed E-state index contributed by atoms with van der Waals surface area (Å²) in [6.45, 7) is 5.19. The Labute approximate surface area is 199 Å². The fourth-order valence-corrected chi connectivity index (χ4v) is 6.31. The molecule has 3 heteroatoms. The number of aryl methyl sites for hydroxylation is 2. The van der Waals surface area contributed by atoms with Crippen LogP contribution in [0.5, 0.6) is 0 Å². The highest BCUT2D eigenvalue weighted by atomic mass is 16.2. The van der Waals surface area contributed by atoms with Crippen LogP contribution >= 0.6 is 0 Å². The molecule has 33 heavy (non-hydrogen) atoms. The largest absolute Gasteiger partial charge is 0.377 e. The van der Waals surface area contributed by atoms with Crippen molar-refractivity contribution in [2.75, 3.05) is 11.9 Å². The molecule has 1 saturated heterocycles. The molecule has 1 heterocycles. The average Bonchev–Trinajstić information content (AvgIpc) is 2.85. The Morgan fingerprint density at radius 1 is 0.879 bits per heavy atom. The van der Waals surface area contributed by atoms with Crippen LogP contribution in [0.2, 0.25) is 0 Å². The number of anilines is 1. The summed E-state index contributed by atoms with van der Waals surface area (Å²) in [4.78, 5) is 16.6. The Kier molecular flexibility index (Phi) is 6.57. The van der Waals surface area contributed by atoms with Gasteiger partial charge in [-0.25, -0.2) is 0 Å². The van der Waals surface area contributed by atoms with Gasteiger partial charge in [0.25, 0.3) is 0 Å². The zero-order chi connectivity index (χ0) is 22.8. The molecule has 3 nitrogen and oxygen atoms in total. The maximum Gasteiger partial charge on any atom is 0.228 e. The smallest absolute Gasteiger partial charge is 0.228 e. The topological polar surface area (TPSA) is 32.3 Å². The number of hydrogen-bond donors (Lipinski definition) is 1. The highest BCUT2D eigenvalue weighted by Gasteiger charge is 2.47. The van der Waals surface area contributed by atoms with E-state index in [1.807, 2.05) is 0 Å². The molecule has 0 aromatic heterocycles. The van der Waals surface area contributed by atoms with Crippen molar-refractivity contribution in [1.29, 1.82) is 0 Å². The van der Waals surface area contributed by atoms with E-state index in [2.05, 4.69) is 84.7 Å². The molecular formula is C30H38N2O. The molecule has 0 spiro atoms. The van der Waals surface area contributed by atoms with Crippen molar-refractivity contribution in [3.8, 4) is 0 Å². The van der Waals surface area contributed by atoms with Crippen molar-refractivity contribution in [2.45, 2.75) is 70.9 Å². The third kappa shape index (κ3) is 4.74. The van der Waals surface area contributed by atoms with Crippen molar-refractivity contribution < 1.29 is 4.79 Å². The average molecular weight is 443 g/mol. The predicted octanol–water partition coefficient (Wildman–Crippen LogP) is 6.83. The minimum atomic E-state index is -0.0776. The van der Waals surface area contributed by atoms with Crippen LogP contribution < -0.4 is 5.32 Å². The normalized spacial score (nSPS) is 26.7. The number of rotatable bonds is 5. The number of nitrogens with one attached hydrogen (secondary N) is 1. The number of carbonyl (C=O) groups is 1. The zero-order valence-corrected chi connectivity index (χ0v) is 20.2. The number of piperidine rings is 1. The first-order chi connectivity index (χ1) is 16.1. The van der Waals surface area contributed by atoms with Crippen LogP contribution in [-0.2, 0) is 4.79 Å². The second-order valence-electron chi connectivity index (χ2n) is 10.5. The van der Waals surface area contributed by atoms with Crippen molar-refractivity contribution in [3.63, 3.8) is 0 Å². The van der Waals surface area contributed by atoms with Crippen LogP contribution in [0.15, 0.2) is 60.7 Å². The van der Waals surface area contributed by atoms with Gasteiger partial charge in [-0.2, -0.15) is 0 Å². The molecule has 4 atom stereocenters. The molecule has 1 amide bonds. The Balaban J connectivity index is 1.54. The Morgan fingerprint density at radius 3 is 2.24 bits per heavy atom. The molecule has 3 aliphatic rings. The van der Waals surface area contributed by atoms with E-state index in [1.165, 1.54) is 55.2 Å². The minimum Gasteiger partial charge on any atom is -0.377 e. The number of benzene rings is 2. The summed E-state index contributed by atoms with van der Waals surface area (Å²) in [6.07, 6.45) is 13.2. The predicted molar refractivity (Wildman–Crippen MR) is 136 cm³/mol. The number of nitrogens with zero attached hydrogens (tertiary/aromatic N) is 1. The first kappa shape index (κ1) is 22.3. The summed E-state index contributed by atoms with van der Waals surface area (Å²) in [5, 5.41) is 3.82. The van der Waals surface area contributed by atoms with Crippen molar-refractivity contribution >= 4 is 11.6 Å².